The van der Waals surface area contributed by atoms with Crippen molar-refractivity contribution in [3.8, 4) is 0 Å². The van der Waals surface area contributed by atoms with Gasteiger partial charge in [0.15, 0.2) is 0 Å². The molecule has 4 rings (SSSR count). The van der Waals surface area contributed by atoms with E-state index in [1.165, 1.54) is 39.0 Å². The highest BCUT2D eigenvalue weighted by atomic mass is 15.2. The predicted octanol–water partition coefficient (Wildman–Crippen LogP) is 1.30. The van der Waals surface area contributed by atoms with Crippen molar-refractivity contribution in [1.82, 2.24) is 10.2 Å². The van der Waals surface area contributed by atoms with Crippen LogP contribution in [0.15, 0.2) is 24.3 Å². The van der Waals surface area contributed by atoms with Crippen LogP contribution in [0.5, 0.6) is 0 Å². The zero-order valence-electron chi connectivity index (χ0n) is 10.2. The maximum atomic E-state index is 3.53. The van der Waals surface area contributed by atoms with E-state index in [1.807, 2.05) is 0 Å². The molecule has 2 saturated heterocycles. The first-order valence-corrected chi connectivity index (χ1v) is 6.92. The standard InChI is InChI=1S/C15H20N2/c1-2-4-12-6-15(5-11(12)3-1)17-9-13-7-16-8-14(13)10-17/h1-4,13-16H,5-10H2/t13-,14+. The number of nitrogens with zero attached hydrogens (tertiary/aromatic N) is 1. The Morgan fingerprint density at radius 3 is 2.12 bits per heavy atom. The summed E-state index contributed by atoms with van der Waals surface area (Å²) in [4.78, 5) is 2.76. The Bertz CT molecular complexity index is 392. The summed E-state index contributed by atoms with van der Waals surface area (Å²) in [5, 5.41) is 3.53. The molecule has 2 heterocycles. The number of hydrogen-bond acceptors (Lipinski definition) is 2. The highest BCUT2D eigenvalue weighted by Crippen LogP contribution is 2.32. The van der Waals surface area contributed by atoms with Crippen molar-refractivity contribution in [1.29, 1.82) is 0 Å². The molecule has 1 aromatic rings. The molecule has 0 amide bonds. The van der Waals surface area contributed by atoms with Crippen LogP contribution >= 0.6 is 0 Å². The molecule has 0 spiro atoms. The van der Waals surface area contributed by atoms with Crippen LogP contribution in [0.3, 0.4) is 0 Å². The summed E-state index contributed by atoms with van der Waals surface area (Å²) < 4.78 is 0. The third kappa shape index (κ3) is 1.62. The van der Waals surface area contributed by atoms with Gasteiger partial charge in [0.25, 0.3) is 0 Å². The van der Waals surface area contributed by atoms with Gasteiger partial charge in [0.1, 0.15) is 0 Å². The Balaban J connectivity index is 1.49. The fraction of sp³-hybridized carbons (Fsp3) is 0.600. The number of rotatable bonds is 1. The van der Waals surface area contributed by atoms with Crippen LogP contribution in [0.1, 0.15) is 11.1 Å². The van der Waals surface area contributed by atoms with Crippen molar-refractivity contribution in [3.63, 3.8) is 0 Å². The molecule has 1 N–H and O–H groups in total. The normalized spacial score (nSPS) is 32.9. The fourth-order valence-electron chi connectivity index (χ4n) is 3.98. The van der Waals surface area contributed by atoms with Gasteiger partial charge in [0.05, 0.1) is 0 Å². The van der Waals surface area contributed by atoms with Gasteiger partial charge in [0, 0.05) is 19.1 Å². The van der Waals surface area contributed by atoms with E-state index in [0.29, 0.717) is 0 Å². The van der Waals surface area contributed by atoms with E-state index in [-0.39, 0.29) is 0 Å². The van der Waals surface area contributed by atoms with Crippen LogP contribution in [0.4, 0.5) is 0 Å². The highest BCUT2D eigenvalue weighted by molar-refractivity contribution is 5.33. The number of hydrogen-bond donors (Lipinski definition) is 1. The predicted molar refractivity (Wildman–Crippen MR) is 69.1 cm³/mol. The minimum absolute atomic E-state index is 0.790. The van der Waals surface area contributed by atoms with E-state index in [1.54, 1.807) is 11.1 Å². The molecule has 17 heavy (non-hydrogen) atoms. The Morgan fingerprint density at radius 2 is 1.53 bits per heavy atom. The van der Waals surface area contributed by atoms with E-state index in [0.717, 1.165) is 17.9 Å². The Kier molecular flexibility index (Phi) is 2.27. The molecule has 0 unspecified atom stereocenters. The van der Waals surface area contributed by atoms with Gasteiger partial charge in [-0.25, -0.2) is 0 Å². The van der Waals surface area contributed by atoms with Gasteiger partial charge < -0.3 is 5.32 Å². The van der Waals surface area contributed by atoms with Gasteiger partial charge in [-0.15, -0.1) is 0 Å². The molecule has 0 bridgehead atoms. The van der Waals surface area contributed by atoms with Crippen LogP contribution in [0.2, 0.25) is 0 Å². The summed E-state index contributed by atoms with van der Waals surface area (Å²) in [5.74, 6) is 1.86. The molecule has 0 radical (unpaired) electrons. The van der Waals surface area contributed by atoms with Gasteiger partial charge in [-0.1, -0.05) is 24.3 Å². The molecule has 2 nitrogen and oxygen atoms in total. The lowest BCUT2D eigenvalue weighted by molar-refractivity contribution is 0.232. The summed E-state index contributed by atoms with van der Waals surface area (Å²) in [7, 11) is 0. The van der Waals surface area contributed by atoms with Crippen molar-refractivity contribution < 1.29 is 0 Å². The largest absolute Gasteiger partial charge is 0.316 e. The van der Waals surface area contributed by atoms with Gasteiger partial charge in [-0.05, 0) is 48.9 Å². The lowest BCUT2D eigenvalue weighted by atomic mass is 10.0. The van der Waals surface area contributed by atoms with Crippen LogP contribution in [0, 0.1) is 11.8 Å². The Hall–Kier alpha value is -0.860. The third-order valence-electron chi connectivity index (χ3n) is 4.96. The summed E-state index contributed by atoms with van der Waals surface area (Å²) >= 11 is 0. The summed E-state index contributed by atoms with van der Waals surface area (Å²) in [6, 6.07) is 9.79. The smallest absolute Gasteiger partial charge is 0.0176 e. The number of likely N-dealkylation sites (tertiary alicyclic amines) is 1. The lowest BCUT2D eigenvalue weighted by Crippen LogP contribution is -2.36. The van der Waals surface area contributed by atoms with Crippen molar-refractivity contribution >= 4 is 0 Å². The number of fused-ring (bicyclic) bond motifs is 2. The first kappa shape index (κ1) is 10.1. The zero-order chi connectivity index (χ0) is 11.2. The molecule has 2 fully saturated rings. The van der Waals surface area contributed by atoms with Crippen LogP contribution in [-0.4, -0.2) is 37.1 Å². The quantitative estimate of drug-likeness (QED) is 0.779. The molecule has 3 aliphatic rings. The Labute approximate surface area is 103 Å². The van der Waals surface area contributed by atoms with Crippen LogP contribution < -0.4 is 5.32 Å². The third-order valence-corrected chi connectivity index (χ3v) is 4.96. The fourth-order valence-corrected chi connectivity index (χ4v) is 3.98. The number of benzene rings is 1. The average molecular weight is 228 g/mol. The minimum atomic E-state index is 0.790. The second-order valence-corrected chi connectivity index (χ2v) is 5.96. The topological polar surface area (TPSA) is 15.3 Å². The maximum Gasteiger partial charge on any atom is 0.0176 e. The van der Waals surface area contributed by atoms with Crippen molar-refractivity contribution in [2.75, 3.05) is 26.2 Å². The molecular weight excluding hydrogens is 208 g/mol. The van der Waals surface area contributed by atoms with Gasteiger partial charge >= 0.3 is 0 Å². The van der Waals surface area contributed by atoms with E-state index >= 15 is 0 Å². The molecule has 2 aliphatic heterocycles. The van der Waals surface area contributed by atoms with E-state index in [4.69, 9.17) is 0 Å². The molecule has 1 aliphatic carbocycles. The Morgan fingerprint density at radius 1 is 0.941 bits per heavy atom. The first-order valence-electron chi connectivity index (χ1n) is 6.92. The van der Waals surface area contributed by atoms with Crippen LogP contribution in [0.25, 0.3) is 0 Å². The second kappa shape index (κ2) is 3.82. The summed E-state index contributed by atoms with van der Waals surface area (Å²) in [5.41, 5.74) is 3.18. The highest BCUT2D eigenvalue weighted by Gasteiger charge is 2.39. The molecular formula is C15H20N2. The van der Waals surface area contributed by atoms with Crippen molar-refractivity contribution in [2.24, 2.45) is 11.8 Å². The van der Waals surface area contributed by atoms with Gasteiger partial charge in [-0.2, -0.15) is 0 Å². The molecule has 0 aromatic heterocycles. The van der Waals surface area contributed by atoms with Gasteiger partial charge in [-0.3, -0.25) is 4.90 Å². The minimum Gasteiger partial charge on any atom is -0.316 e. The molecule has 1 aromatic carbocycles. The van der Waals surface area contributed by atoms with E-state index < -0.39 is 0 Å². The monoisotopic (exact) mass is 228 g/mol. The van der Waals surface area contributed by atoms with Crippen molar-refractivity contribution in [3.05, 3.63) is 35.4 Å². The van der Waals surface area contributed by atoms with Crippen LogP contribution in [-0.2, 0) is 12.8 Å². The van der Waals surface area contributed by atoms with E-state index in [2.05, 4.69) is 34.5 Å². The summed E-state index contributed by atoms with van der Waals surface area (Å²) in [6.45, 7) is 5.16. The maximum absolute atomic E-state index is 3.53. The average Bonchev–Trinajstić information content (AvgIpc) is 3.01. The number of nitrogens with one attached hydrogen (secondary N) is 1. The lowest BCUT2D eigenvalue weighted by Gasteiger charge is -2.24. The first-order chi connectivity index (χ1) is 8.40. The van der Waals surface area contributed by atoms with Gasteiger partial charge in [0.2, 0.25) is 0 Å². The SMILES string of the molecule is c1ccc2c(c1)CC(N1C[C@H]3CNC[C@H]3C1)C2. The molecule has 90 valence electrons. The second-order valence-electron chi connectivity index (χ2n) is 5.96. The molecule has 2 atom stereocenters. The zero-order valence-corrected chi connectivity index (χ0v) is 10.2. The summed E-state index contributed by atoms with van der Waals surface area (Å²) in [6.07, 6.45) is 2.56. The van der Waals surface area contributed by atoms with Crippen molar-refractivity contribution in [2.45, 2.75) is 18.9 Å². The van der Waals surface area contributed by atoms with E-state index in [9.17, 15) is 0 Å². The molecule has 2 heteroatoms. The molecule has 0 saturated carbocycles.